The Hall–Kier alpha value is -2.57. The lowest BCUT2D eigenvalue weighted by Gasteiger charge is -2.12. The van der Waals surface area contributed by atoms with E-state index in [1.165, 1.54) is 0 Å². The van der Waals surface area contributed by atoms with Gasteiger partial charge in [-0.05, 0) is 61.7 Å². The predicted octanol–water partition coefficient (Wildman–Crippen LogP) is 4.00. The molecule has 1 atom stereocenters. The van der Waals surface area contributed by atoms with Crippen molar-refractivity contribution in [3.05, 3.63) is 58.6 Å². The number of rotatable bonds is 7. The summed E-state index contributed by atoms with van der Waals surface area (Å²) in [5.74, 6) is -0.361. The minimum Gasteiger partial charge on any atom is -0.491 e. The number of nitrogens with one attached hydrogen (secondary N) is 1. The van der Waals surface area contributed by atoms with Crippen molar-refractivity contribution in [3.8, 4) is 5.75 Å². The van der Waals surface area contributed by atoms with Gasteiger partial charge in [0.2, 0.25) is 0 Å². The zero-order valence-electron chi connectivity index (χ0n) is 15.6. The van der Waals surface area contributed by atoms with E-state index in [4.69, 9.17) is 25.8 Å². The molecule has 0 unspecified atom stereocenters. The Balaban J connectivity index is 1.46. The quantitative estimate of drug-likeness (QED) is 0.707. The molecule has 28 heavy (non-hydrogen) atoms. The highest BCUT2D eigenvalue weighted by Crippen LogP contribution is 2.20. The molecule has 0 aliphatic carbocycles. The van der Waals surface area contributed by atoms with Gasteiger partial charge in [0.25, 0.3) is 5.91 Å². The van der Waals surface area contributed by atoms with Crippen LogP contribution in [0.2, 0.25) is 5.02 Å². The molecule has 2 aromatic rings. The van der Waals surface area contributed by atoms with E-state index in [-0.39, 0.29) is 12.7 Å². The Bertz CT molecular complexity index is 831. The molecule has 148 valence electrons. The molecule has 1 N–H and O–H groups in total. The van der Waals surface area contributed by atoms with Crippen LogP contribution in [0, 0.1) is 6.92 Å². The molecule has 1 aliphatic rings. The van der Waals surface area contributed by atoms with Crippen molar-refractivity contribution >= 4 is 29.2 Å². The van der Waals surface area contributed by atoms with E-state index < -0.39 is 11.9 Å². The van der Waals surface area contributed by atoms with Crippen LogP contribution in [0.1, 0.15) is 28.8 Å². The summed E-state index contributed by atoms with van der Waals surface area (Å²) in [6.07, 6.45) is 2.19. The number of aryl methyl sites for hydroxylation is 1. The number of anilines is 1. The molecular formula is C21H22ClNO5. The summed E-state index contributed by atoms with van der Waals surface area (Å²) in [5.41, 5.74) is 1.79. The molecule has 1 fully saturated rings. The molecule has 1 amide bonds. The summed E-state index contributed by atoms with van der Waals surface area (Å²) in [5, 5.41) is 3.19. The number of carbonyl (C=O) groups excluding carboxylic acids is 2. The summed E-state index contributed by atoms with van der Waals surface area (Å²) in [6, 6.07) is 11.8. The van der Waals surface area contributed by atoms with Crippen molar-refractivity contribution in [3.63, 3.8) is 0 Å². The summed E-state index contributed by atoms with van der Waals surface area (Å²) in [4.78, 5) is 24.1. The number of carbonyl (C=O) groups is 2. The Morgan fingerprint density at radius 3 is 2.71 bits per heavy atom. The topological polar surface area (TPSA) is 73.9 Å². The van der Waals surface area contributed by atoms with Crippen molar-refractivity contribution in [1.82, 2.24) is 0 Å². The van der Waals surface area contributed by atoms with E-state index >= 15 is 0 Å². The second-order valence-electron chi connectivity index (χ2n) is 6.55. The van der Waals surface area contributed by atoms with E-state index in [1.54, 1.807) is 42.5 Å². The van der Waals surface area contributed by atoms with Crippen molar-refractivity contribution in [2.75, 3.05) is 25.1 Å². The van der Waals surface area contributed by atoms with Gasteiger partial charge in [-0.2, -0.15) is 0 Å². The second-order valence-corrected chi connectivity index (χ2v) is 6.99. The van der Waals surface area contributed by atoms with Gasteiger partial charge in [-0.15, -0.1) is 0 Å². The Kier molecular flexibility index (Phi) is 6.90. The van der Waals surface area contributed by atoms with Crippen molar-refractivity contribution in [2.45, 2.75) is 25.9 Å². The second kappa shape index (κ2) is 9.57. The summed E-state index contributed by atoms with van der Waals surface area (Å²) in [6.45, 7) is 2.73. The van der Waals surface area contributed by atoms with E-state index in [9.17, 15) is 9.59 Å². The average molecular weight is 404 g/mol. The fraction of sp³-hybridized carbons (Fsp3) is 0.333. The van der Waals surface area contributed by atoms with Crippen LogP contribution >= 0.6 is 11.6 Å². The van der Waals surface area contributed by atoms with E-state index in [2.05, 4.69) is 5.32 Å². The fourth-order valence-electron chi connectivity index (χ4n) is 2.78. The number of amides is 1. The first-order valence-corrected chi connectivity index (χ1v) is 9.46. The SMILES string of the molecule is Cc1ccc(Cl)cc1NC(=O)COC(=O)c1ccc(OC[C@@H]2CCCO2)cc1. The number of esters is 1. The lowest BCUT2D eigenvalue weighted by Crippen LogP contribution is -2.21. The zero-order valence-corrected chi connectivity index (χ0v) is 16.3. The molecule has 0 radical (unpaired) electrons. The van der Waals surface area contributed by atoms with Crippen molar-refractivity contribution < 1.29 is 23.8 Å². The van der Waals surface area contributed by atoms with E-state index in [1.807, 2.05) is 6.92 Å². The van der Waals surface area contributed by atoms with Gasteiger partial charge in [-0.1, -0.05) is 17.7 Å². The smallest absolute Gasteiger partial charge is 0.338 e. The van der Waals surface area contributed by atoms with Gasteiger partial charge in [0.15, 0.2) is 6.61 Å². The van der Waals surface area contributed by atoms with Gasteiger partial charge < -0.3 is 19.5 Å². The lowest BCUT2D eigenvalue weighted by molar-refractivity contribution is -0.119. The monoisotopic (exact) mass is 403 g/mol. The Labute approximate surface area is 168 Å². The first-order valence-electron chi connectivity index (χ1n) is 9.09. The van der Waals surface area contributed by atoms with E-state index in [0.29, 0.717) is 28.6 Å². The van der Waals surface area contributed by atoms with Crippen LogP contribution in [0.5, 0.6) is 5.75 Å². The molecular weight excluding hydrogens is 382 g/mol. The summed E-state index contributed by atoms with van der Waals surface area (Å²) < 4.78 is 16.2. The van der Waals surface area contributed by atoms with Gasteiger partial charge in [-0.3, -0.25) is 4.79 Å². The molecule has 6 nitrogen and oxygen atoms in total. The van der Waals surface area contributed by atoms with Crippen molar-refractivity contribution in [1.29, 1.82) is 0 Å². The first-order chi connectivity index (χ1) is 13.5. The fourth-order valence-corrected chi connectivity index (χ4v) is 2.95. The number of benzene rings is 2. The maximum absolute atomic E-state index is 12.1. The van der Waals surface area contributed by atoms with Crippen LogP contribution in [-0.4, -0.2) is 37.8 Å². The highest BCUT2D eigenvalue weighted by Gasteiger charge is 2.16. The number of hydrogen-bond donors (Lipinski definition) is 1. The Morgan fingerprint density at radius 2 is 2.00 bits per heavy atom. The standard InChI is InChI=1S/C21H22ClNO5/c1-14-4-7-16(22)11-19(14)23-20(24)13-28-21(25)15-5-8-17(9-6-15)27-12-18-3-2-10-26-18/h4-9,11,18H,2-3,10,12-13H2,1H3,(H,23,24)/t18-/m0/s1. The molecule has 0 aromatic heterocycles. The van der Waals surface area contributed by atoms with Crippen molar-refractivity contribution in [2.24, 2.45) is 0 Å². The van der Waals surface area contributed by atoms with Gasteiger partial charge >= 0.3 is 5.97 Å². The number of ether oxygens (including phenoxy) is 3. The summed E-state index contributed by atoms with van der Waals surface area (Å²) >= 11 is 5.93. The molecule has 2 aromatic carbocycles. The zero-order chi connectivity index (χ0) is 19.9. The van der Waals surface area contributed by atoms with Crippen LogP contribution in [-0.2, 0) is 14.3 Å². The van der Waals surface area contributed by atoms with Crippen LogP contribution in [0.25, 0.3) is 0 Å². The van der Waals surface area contributed by atoms with Crippen LogP contribution in [0.3, 0.4) is 0 Å². The molecule has 7 heteroatoms. The lowest BCUT2D eigenvalue weighted by atomic mass is 10.2. The first kappa shape index (κ1) is 20.2. The van der Waals surface area contributed by atoms with Gasteiger partial charge in [0.1, 0.15) is 12.4 Å². The molecule has 1 saturated heterocycles. The third kappa shape index (κ3) is 5.71. The minimum atomic E-state index is -0.580. The third-order valence-corrected chi connectivity index (χ3v) is 4.59. The molecule has 0 bridgehead atoms. The van der Waals surface area contributed by atoms with E-state index in [0.717, 1.165) is 25.0 Å². The molecule has 1 aliphatic heterocycles. The maximum Gasteiger partial charge on any atom is 0.338 e. The summed E-state index contributed by atoms with van der Waals surface area (Å²) in [7, 11) is 0. The molecule has 0 saturated carbocycles. The molecule has 1 heterocycles. The van der Waals surface area contributed by atoms with Gasteiger partial charge in [-0.25, -0.2) is 4.79 Å². The normalized spacial score (nSPS) is 15.9. The van der Waals surface area contributed by atoms with Gasteiger partial charge in [0.05, 0.1) is 11.7 Å². The third-order valence-electron chi connectivity index (χ3n) is 4.36. The van der Waals surface area contributed by atoms with Crippen LogP contribution in [0.4, 0.5) is 5.69 Å². The average Bonchev–Trinajstić information content (AvgIpc) is 3.21. The predicted molar refractivity (Wildman–Crippen MR) is 106 cm³/mol. The molecule has 3 rings (SSSR count). The van der Waals surface area contributed by atoms with Gasteiger partial charge in [0, 0.05) is 17.3 Å². The minimum absolute atomic E-state index is 0.131. The number of hydrogen-bond acceptors (Lipinski definition) is 5. The Morgan fingerprint density at radius 1 is 1.21 bits per heavy atom. The largest absolute Gasteiger partial charge is 0.491 e. The maximum atomic E-state index is 12.1. The molecule has 0 spiro atoms. The number of halogens is 1. The highest BCUT2D eigenvalue weighted by molar-refractivity contribution is 6.31. The highest BCUT2D eigenvalue weighted by atomic mass is 35.5. The van der Waals surface area contributed by atoms with Crippen LogP contribution in [0.15, 0.2) is 42.5 Å². The van der Waals surface area contributed by atoms with Crippen LogP contribution < -0.4 is 10.1 Å².